The van der Waals surface area contributed by atoms with E-state index < -0.39 is 5.60 Å². The zero-order chi connectivity index (χ0) is 25.6. The third-order valence-electron chi connectivity index (χ3n) is 5.93. The van der Waals surface area contributed by atoms with Crippen LogP contribution in [0, 0.1) is 0 Å². The summed E-state index contributed by atoms with van der Waals surface area (Å²) in [5, 5.41) is 0. The second kappa shape index (κ2) is 11.4. The maximum absolute atomic E-state index is 13.1. The monoisotopic (exact) mass is 481 g/mol. The SMILES string of the molecule is CCOC(=O)c1ccc(C2CCN(C(=O)OC(C)(C)C)C(c3ccc(C(=O)OCC)cc3)C2)cc1. The maximum Gasteiger partial charge on any atom is 0.410 e. The first-order valence-corrected chi connectivity index (χ1v) is 12.2. The van der Waals surface area contributed by atoms with E-state index in [0.29, 0.717) is 37.3 Å². The second-order valence-electron chi connectivity index (χ2n) is 9.60. The number of piperidine rings is 1. The van der Waals surface area contributed by atoms with Crippen LogP contribution in [0.5, 0.6) is 0 Å². The molecule has 1 fully saturated rings. The minimum atomic E-state index is -0.602. The highest BCUT2D eigenvalue weighted by Crippen LogP contribution is 2.40. The van der Waals surface area contributed by atoms with Crippen LogP contribution in [-0.2, 0) is 14.2 Å². The Bertz CT molecular complexity index is 1020. The van der Waals surface area contributed by atoms with Crippen molar-refractivity contribution in [1.29, 1.82) is 0 Å². The van der Waals surface area contributed by atoms with Crippen LogP contribution < -0.4 is 0 Å². The molecule has 7 nitrogen and oxygen atoms in total. The summed E-state index contributed by atoms with van der Waals surface area (Å²) in [6.07, 6.45) is 1.11. The van der Waals surface area contributed by atoms with Gasteiger partial charge in [-0.05, 0) is 88.8 Å². The molecule has 7 heteroatoms. The van der Waals surface area contributed by atoms with Crippen molar-refractivity contribution in [2.24, 2.45) is 0 Å². The van der Waals surface area contributed by atoms with Crippen LogP contribution in [0.1, 0.15) is 91.3 Å². The summed E-state index contributed by atoms with van der Waals surface area (Å²) in [6.45, 7) is 10.3. The van der Waals surface area contributed by atoms with Gasteiger partial charge in [-0.15, -0.1) is 0 Å². The standard InChI is InChI=1S/C28H35NO6/c1-6-33-25(30)21-12-8-19(9-13-21)23-16-17-29(27(32)35-28(3,4)5)24(18-23)20-10-14-22(15-11-20)26(31)34-7-2/h8-15,23-24H,6-7,16-18H2,1-5H3. The number of carbonyl (C=O) groups excluding carboxylic acids is 3. The Hall–Kier alpha value is -3.35. The van der Waals surface area contributed by atoms with Crippen LogP contribution in [0.3, 0.4) is 0 Å². The first-order chi connectivity index (χ1) is 16.6. The average Bonchev–Trinajstić information content (AvgIpc) is 2.83. The molecule has 2 unspecified atom stereocenters. The Morgan fingerprint density at radius 3 is 1.77 bits per heavy atom. The van der Waals surface area contributed by atoms with E-state index in [2.05, 4.69) is 0 Å². The minimum absolute atomic E-state index is 0.194. The molecule has 188 valence electrons. The van der Waals surface area contributed by atoms with Gasteiger partial charge in [-0.2, -0.15) is 0 Å². The number of esters is 2. The number of rotatable bonds is 6. The zero-order valence-electron chi connectivity index (χ0n) is 21.2. The molecular formula is C28H35NO6. The van der Waals surface area contributed by atoms with E-state index >= 15 is 0 Å². The Kier molecular flexibility index (Phi) is 8.54. The van der Waals surface area contributed by atoms with Crippen LogP contribution in [-0.4, -0.2) is 48.3 Å². The van der Waals surface area contributed by atoms with E-state index in [0.717, 1.165) is 17.5 Å². The molecule has 1 aliphatic heterocycles. The minimum Gasteiger partial charge on any atom is -0.462 e. The second-order valence-corrected chi connectivity index (χ2v) is 9.60. The fraction of sp³-hybridized carbons (Fsp3) is 0.464. The Labute approximate surface area is 207 Å². The number of hydrogen-bond donors (Lipinski definition) is 0. The van der Waals surface area contributed by atoms with Crippen LogP contribution in [0.15, 0.2) is 48.5 Å². The Balaban J connectivity index is 1.85. The highest BCUT2D eigenvalue weighted by molar-refractivity contribution is 5.89. The highest BCUT2D eigenvalue weighted by atomic mass is 16.6. The molecule has 1 heterocycles. The molecule has 1 saturated heterocycles. The van der Waals surface area contributed by atoms with Crippen molar-refractivity contribution >= 4 is 18.0 Å². The molecule has 1 amide bonds. The molecule has 2 aromatic rings. The molecule has 2 aromatic carbocycles. The van der Waals surface area contributed by atoms with E-state index in [-0.39, 0.29) is 30.0 Å². The molecule has 0 bridgehead atoms. The van der Waals surface area contributed by atoms with Gasteiger partial charge in [-0.3, -0.25) is 0 Å². The summed E-state index contributed by atoms with van der Waals surface area (Å²) in [6, 6.07) is 14.5. The number of carbonyl (C=O) groups is 3. The molecule has 0 saturated carbocycles. The third-order valence-corrected chi connectivity index (χ3v) is 5.93. The van der Waals surface area contributed by atoms with Crippen LogP contribution in [0.25, 0.3) is 0 Å². The van der Waals surface area contributed by atoms with Crippen LogP contribution >= 0.6 is 0 Å². The van der Waals surface area contributed by atoms with Crippen LogP contribution in [0.4, 0.5) is 4.79 Å². The topological polar surface area (TPSA) is 82.1 Å². The number of amides is 1. The lowest BCUT2D eigenvalue weighted by Crippen LogP contribution is -2.43. The summed E-state index contributed by atoms with van der Waals surface area (Å²) in [5.41, 5.74) is 2.43. The fourth-order valence-corrected chi connectivity index (χ4v) is 4.28. The van der Waals surface area contributed by atoms with Gasteiger partial charge in [0.1, 0.15) is 5.60 Å². The van der Waals surface area contributed by atoms with Gasteiger partial charge in [-0.25, -0.2) is 14.4 Å². The van der Waals surface area contributed by atoms with Crippen molar-refractivity contribution in [3.8, 4) is 0 Å². The third kappa shape index (κ3) is 6.84. The van der Waals surface area contributed by atoms with Crippen molar-refractivity contribution in [2.45, 2.75) is 65.0 Å². The summed E-state index contributed by atoms with van der Waals surface area (Å²) >= 11 is 0. The largest absolute Gasteiger partial charge is 0.462 e. The summed E-state index contributed by atoms with van der Waals surface area (Å²) < 4.78 is 15.9. The predicted molar refractivity (Wildman–Crippen MR) is 132 cm³/mol. The van der Waals surface area contributed by atoms with E-state index in [1.807, 2.05) is 45.0 Å². The van der Waals surface area contributed by atoms with E-state index in [9.17, 15) is 14.4 Å². The van der Waals surface area contributed by atoms with Gasteiger partial charge in [0.2, 0.25) is 0 Å². The van der Waals surface area contributed by atoms with Gasteiger partial charge in [0.05, 0.1) is 30.4 Å². The summed E-state index contributed by atoms with van der Waals surface area (Å²) in [5.74, 6) is -0.510. The van der Waals surface area contributed by atoms with Gasteiger partial charge < -0.3 is 19.1 Å². The van der Waals surface area contributed by atoms with Gasteiger partial charge >= 0.3 is 18.0 Å². The van der Waals surface area contributed by atoms with Gasteiger partial charge in [0.25, 0.3) is 0 Å². The number of nitrogens with zero attached hydrogens (tertiary/aromatic N) is 1. The molecule has 35 heavy (non-hydrogen) atoms. The van der Waals surface area contributed by atoms with Crippen molar-refractivity contribution in [3.05, 3.63) is 70.8 Å². The molecule has 0 aliphatic carbocycles. The predicted octanol–water partition coefficient (Wildman–Crippen LogP) is 5.90. The average molecular weight is 482 g/mol. The maximum atomic E-state index is 13.1. The Morgan fingerprint density at radius 1 is 0.829 bits per heavy atom. The molecule has 0 radical (unpaired) electrons. The molecule has 0 N–H and O–H groups in total. The van der Waals surface area contributed by atoms with E-state index in [1.54, 1.807) is 43.0 Å². The van der Waals surface area contributed by atoms with Crippen molar-refractivity contribution in [3.63, 3.8) is 0 Å². The molecule has 0 spiro atoms. The zero-order valence-corrected chi connectivity index (χ0v) is 21.2. The number of likely N-dealkylation sites (tertiary alicyclic amines) is 1. The van der Waals surface area contributed by atoms with Crippen molar-refractivity contribution < 1.29 is 28.6 Å². The van der Waals surface area contributed by atoms with E-state index in [4.69, 9.17) is 14.2 Å². The number of hydrogen-bond acceptors (Lipinski definition) is 6. The Morgan fingerprint density at radius 2 is 1.31 bits per heavy atom. The number of ether oxygens (including phenoxy) is 3. The molecule has 3 rings (SSSR count). The van der Waals surface area contributed by atoms with Crippen molar-refractivity contribution in [2.75, 3.05) is 19.8 Å². The van der Waals surface area contributed by atoms with Crippen molar-refractivity contribution in [1.82, 2.24) is 4.90 Å². The normalized spacial score (nSPS) is 18.0. The molecule has 0 aromatic heterocycles. The highest BCUT2D eigenvalue weighted by Gasteiger charge is 2.35. The van der Waals surface area contributed by atoms with Gasteiger partial charge in [-0.1, -0.05) is 24.3 Å². The number of benzene rings is 2. The molecular weight excluding hydrogens is 446 g/mol. The molecule has 2 atom stereocenters. The lowest BCUT2D eigenvalue weighted by atomic mass is 9.82. The quantitative estimate of drug-likeness (QED) is 0.378. The van der Waals surface area contributed by atoms with Gasteiger partial charge in [0.15, 0.2) is 0 Å². The smallest absolute Gasteiger partial charge is 0.410 e. The first-order valence-electron chi connectivity index (χ1n) is 12.2. The lowest BCUT2D eigenvalue weighted by molar-refractivity contribution is 0.00757. The first kappa shape index (κ1) is 26.3. The van der Waals surface area contributed by atoms with Crippen LogP contribution in [0.2, 0.25) is 0 Å². The fourth-order valence-electron chi connectivity index (χ4n) is 4.28. The van der Waals surface area contributed by atoms with Gasteiger partial charge in [0, 0.05) is 6.54 Å². The summed E-state index contributed by atoms with van der Waals surface area (Å²) in [4.78, 5) is 38.9. The lowest BCUT2D eigenvalue weighted by Gasteiger charge is -2.40. The van der Waals surface area contributed by atoms with E-state index in [1.165, 1.54) is 0 Å². The molecule has 1 aliphatic rings. The summed E-state index contributed by atoms with van der Waals surface area (Å²) in [7, 11) is 0.